The van der Waals surface area contributed by atoms with E-state index in [2.05, 4.69) is 5.32 Å². The molecule has 2 atom stereocenters. The first-order valence-electron chi connectivity index (χ1n) is 13.2. The summed E-state index contributed by atoms with van der Waals surface area (Å²) in [5, 5.41) is 3.32. The Kier molecular flexibility index (Phi) is 11.0. The number of hydrogen-bond acceptors (Lipinski definition) is 6. The molecule has 3 rings (SSSR count). The fourth-order valence-electron chi connectivity index (χ4n) is 4.07. The number of benzene rings is 3. The third kappa shape index (κ3) is 7.92. The van der Waals surface area contributed by atoms with E-state index in [-0.39, 0.29) is 34.8 Å². The molecule has 1 N–H and O–H groups in total. The zero-order valence-corrected chi connectivity index (χ0v) is 25.4. The Bertz CT molecular complexity index is 1430. The van der Waals surface area contributed by atoms with E-state index in [9.17, 15) is 18.0 Å². The summed E-state index contributed by atoms with van der Waals surface area (Å²) in [7, 11) is -1.43. The Morgan fingerprint density at radius 3 is 2.15 bits per heavy atom. The van der Waals surface area contributed by atoms with E-state index in [4.69, 9.17) is 21.1 Å². The van der Waals surface area contributed by atoms with Crippen LogP contribution in [0, 0.1) is 0 Å². The maximum atomic E-state index is 14.0. The lowest BCUT2D eigenvalue weighted by molar-refractivity contribution is -0.139. The van der Waals surface area contributed by atoms with Crippen LogP contribution in [0.5, 0.6) is 11.5 Å². The molecule has 0 saturated carbocycles. The zero-order valence-electron chi connectivity index (χ0n) is 23.8. The molecular formula is C30H36ClN3O6S. The predicted molar refractivity (Wildman–Crippen MR) is 160 cm³/mol. The van der Waals surface area contributed by atoms with Crippen molar-refractivity contribution >= 4 is 39.1 Å². The van der Waals surface area contributed by atoms with Gasteiger partial charge in [-0.3, -0.25) is 13.9 Å². The third-order valence-electron chi connectivity index (χ3n) is 6.70. The number of carbonyl (C=O) groups is 2. The average molecular weight is 602 g/mol. The summed E-state index contributed by atoms with van der Waals surface area (Å²) >= 11 is 6.08. The molecule has 0 spiro atoms. The Morgan fingerprint density at radius 2 is 1.56 bits per heavy atom. The first-order valence-corrected chi connectivity index (χ1v) is 15.0. The van der Waals surface area contributed by atoms with Crippen molar-refractivity contribution in [1.82, 2.24) is 10.2 Å². The Balaban J connectivity index is 2.05. The summed E-state index contributed by atoms with van der Waals surface area (Å²) in [5.74, 6) is -0.308. The first-order chi connectivity index (χ1) is 19.5. The van der Waals surface area contributed by atoms with Crippen LogP contribution in [0.15, 0.2) is 77.7 Å². The number of anilines is 1. The van der Waals surface area contributed by atoms with Crippen LogP contribution >= 0.6 is 11.6 Å². The zero-order chi connectivity index (χ0) is 30.2. The minimum absolute atomic E-state index is 0.0883. The summed E-state index contributed by atoms with van der Waals surface area (Å²) in [6.07, 6.45) is 0.721. The molecule has 0 unspecified atom stereocenters. The molecule has 11 heteroatoms. The van der Waals surface area contributed by atoms with Gasteiger partial charge in [0.1, 0.15) is 12.6 Å². The van der Waals surface area contributed by atoms with Crippen molar-refractivity contribution in [2.45, 2.75) is 50.7 Å². The molecule has 0 aliphatic carbocycles. The predicted octanol–water partition coefficient (Wildman–Crippen LogP) is 4.88. The Labute approximate surface area is 247 Å². The number of methoxy groups -OCH3 is 2. The van der Waals surface area contributed by atoms with Gasteiger partial charge in [-0.1, -0.05) is 48.9 Å². The van der Waals surface area contributed by atoms with E-state index in [0.717, 1.165) is 16.3 Å². The van der Waals surface area contributed by atoms with Gasteiger partial charge < -0.3 is 19.7 Å². The summed E-state index contributed by atoms with van der Waals surface area (Å²) in [6, 6.07) is 18.6. The van der Waals surface area contributed by atoms with E-state index >= 15 is 0 Å². The normalized spacial score (nSPS) is 12.6. The molecule has 0 aromatic heterocycles. The van der Waals surface area contributed by atoms with Crippen LogP contribution in [0.4, 0.5) is 5.69 Å². The molecule has 41 heavy (non-hydrogen) atoms. The SMILES string of the molecule is CC[C@H](C)NC(=O)[C@H](C)N(Cc1ccccc1)C(=O)CN(c1ccc(Cl)cc1)S(=O)(=O)c1ccc(OC)c(OC)c1. The topological polar surface area (TPSA) is 105 Å². The number of rotatable bonds is 13. The fourth-order valence-corrected chi connectivity index (χ4v) is 5.62. The largest absolute Gasteiger partial charge is 0.493 e. The Morgan fingerprint density at radius 1 is 0.927 bits per heavy atom. The second kappa shape index (κ2) is 14.2. The second-order valence-corrected chi connectivity index (χ2v) is 11.8. The van der Waals surface area contributed by atoms with Crippen molar-refractivity contribution in [1.29, 1.82) is 0 Å². The molecule has 0 saturated heterocycles. The van der Waals surface area contributed by atoms with E-state index in [1.165, 1.54) is 49.5 Å². The highest BCUT2D eigenvalue weighted by atomic mass is 35.5. The van der Waals surface area contributed by atoms with E-state index in [1.54, 1.807) is 19.1 Å². The van der Waals surface area contributed by atoms with Gasteiger partial charge in [0, 0.05) is 23.7 Å². The Hall–Kier alpha value is -3.76. The van der Waals surface area contributed by atoms with Crippen LogP contribution in [-0.4, -0.2) is 58.0 Å². The maximum absolute atomic E-state index is 14.0. The maximum Gasteiger partial charge on any atom is 0.264 e. The molecular weight excluding hydrogens is 566 g/mol. The number of hydrogen-bond donors (Lipinski definition) is 1. The number of ether oxygens (including phenoxy) is 2. The average Bonchev–Trinajstić information content (AvgIpc) is 2.98. The summed E-state index contributed by atoms with van der Waals surface area (Å²) in [6.45, 7) is 5.01. The lowest BCUT2D eigenvalue weighted by Gasteiger charge is -2.32. The molecule has 0 bridgehead atoms. The second-order valence-electron chi connectivity index (χ2n) is 9.51. The van der Waals surface area contributed by atoms with Crippen LogP contribution in [0.3, 0.4) is 0 Å². The molecule has 0 aliphatic heterocycles. The number of amides is 2. The van der Waals surface area contributed by atoms with E-state index < -0.39 is 28.5 Å². The van der Waals surface area contributed by atoms with Gasteiger partial charge in [0.15, 0.2) is 11.5 Å². The van der Waals surface area contributed by atoms with Gasteiger partial charge in [0.25, 0.3) is 10.0 Å². The molecule has 3 aromatic rings. The molecule has 2 amide bonds. The van der Waals surface area contributed by atoms with Gasteiger partial charge in [0.2, 0.25) is 11.8 Å². The fraction of sp³-hybridized carbons (Fsp3) is 0.333. The number of sulfonamides is 1. The number of nitrogens with one attached hydrogen (secondary N) is 1. The highest BCUT2D eigenvalue weighted by Crippen LogP contribution is 2.32. The first kappa shape index (κ1) is 31.8. The molecule has 0 aliphatic rings. The van der Waals surface area contributed by atoms with Gasteiger partial charge in [-0.25, -0.2) is 8.42 Å². The molecule has 0 heterocycles. The lowest BCUT2D eigenvalue weighted by Crippen LogP contribution is -2.52. The van der Waals surface area contributed by atoms with Gasteiger partial charge in [-0.05, 0) is 62.2 Å². The van der Waals surface area contributed by atoms with E-state index in [0.29, 0.717) is 10.8 Å². The molecule has 0 fully saturated rings. The summed E-state index contributed by atoms with van der Waals surface area (Å²) < 4.78 is 39.6. The van der Waals surface area contributed by atoms with Gasteiger partial charge in [0.05, 0.1) is 24.8 Å². The van der Waals surface area contributed by atoms with Gasteiger partial charge >= 0.3 is 0 Å². The highest BCUT2D eigenvalue weighted by molar-refractivity contribution is 7.92. The van der Waals surface area contributed by atoms with Gasteiger partial charge in [-0.2, -0.15) is 0 Å². The standard InChI is InChI=1S/C30H36ClN3O6S/c1-6-21(2)32-30(36)22(3)33(19-23-10-8-7-9-11-23)29(35)20-34(25-14-12-24(31)13-15-25)41(37,38)26-16-17-27(39-4)28(18-26)40-5/h7-18,21-22H,6,19-20H2,1-5H3,(H,32,36)/t21-,22-/m0/s1. The van der Waals surface area contributed by atoms with Gasteiger partial charge in [-0.15, -0.1) is 0 Å². The lowest BCUT2D eigenvalue weighted by atomic mass is 10.1. The van der Waals surface area contributed by atoms with Crippen LogP contribution in [-0.2, 0) is 26.2 Å². The summed E-state index contributed by atoms with van der Waals surface area (Å²) in [5.41, 5.74) is 1.03. The molecule has 3 aromatic carbocycles. The molecule has 220 valence electrons. The summed E-state index contributed by atoms with van der Waals surface area (Å²) in [4.78, 5) is 28.4. The number of carbonyl (C=O) groups excluding carboxylic acids is 2. The van der Waals surface area contributed by atoms with Crippen LogP contribution in [0.2, 0.25) is 5.02 Å². The minimum Gasteiger partial charge on any atom is -0.493 e. The van der Waals surface area contributed by atoms with Crippen LogP contribution < -0.4 is 19.1 Å². The molecule has 9 nitrogen and oxygen atoms in total. The van der Waals surface area contributed by atoms with Crippen molar-refractivity contribution < 1.29 is 27.5 Å². The number of nitrogens with zero attached hydrogens (tertiary/aromatic N) is 2. The van der Waals surface area contributed by atoms with Crippen LogP contribution in [0.25, 0.3) is 0 Å². The van der Waals surface area contributed by atoms with Crippen LogP contribution in [0.1, 0.15) is 32.8 Å². The van der Waals surface area contributed by atoms with E-state index in [1.807, 2.05) is 44.2 Å². The third-order valence-corrected chi connectivity index (χ3v) is 8.72. The molecule has 0 radical (unpaired) electrons. The van der Waals surface area contributed by atoms with Crippen molar-refractivity contribution in [3.63, 3.8) is 0 Å². The quantitative estimate of drug-likeness (QED) is 0.299. The van der Waals surface area contributed by atoms with Crippen molar-refractivity contribution in [2.24, 2.45) is 0 Å². The minimum atomic E-state index is -4.29. The van der Waals surface area contributed by atoms with Crippen molar-refractivity contribution in [2.75, 3.05) is 25.1 Å². The van der Waals surface area contributed by atoms with Crippen molar-refractivity contribution in [3.05, 3.63) is 83.4 Å². The van der Waals surface area contributed by atoms with Crippen molar-refractivity contribution in [3.8, 4) is 11.5 Å². The highest BCUT2D eigenvalue weighted by Gasteiger charge is 2.33. The monoisotopic (exact) mass is 601 g/mol. The smallest absolute Gasteiger partial charge is 0.264 e. The number of halogens is 1.